The summed E-state index contributed by atoms with van der Waals surface area (Å²) in [6.07, 6.45) is 2.41. The number of ether oxygens (including phenoxy) is 1. The molecule has 8 nitrogen and oxygen atoms in total. The van der Waals surface area contributed by atoms with E-state index in [4.69, 9.17) is 16.3 Å². The molecule has 1 spiro atoms. The van der Waals surface area contributed by atoms with E-state index in [-0.39, 0.29) is 30.9 Å². The van der Waals surface area contributed by atoms with Gasteiger partial charge < -0.3 is 15.0 Å². The number of benzene rings is 2. The summed E-state index contributed by atoms with van der Waals surface area (Å²) < 4.78 is 5.13. The van der Waals surface area contributed by atoms with Gasteiger partial charge in [-0.2, -0.15) is 0 Å². The quantitative estimate of drug-likeness (QED) is 0.489. The van der Waals surface area contributed by atoms with E-state index < -0.39 is 23.4 Å². The zero-order valence-corrected chi connectivity index (χ0v) is 19.2. The van der Waals surface area contributed by atoms with Gasteiger partial charge in [-0.3, -0.25) is 24.6 Å². The molecule has 3 aliphatic heterocycles. The van der Waals surface area contributed by atoms with Gasteiger partial charge in [-0.1, -0.05) is 29.8 Å². The first-order valence-electron chi connectivity index (χ1n) is 11.2. The van der Waals surface area contributed by atoms with Gasteiger partial charge in [0.25, 0.3) is 0 Å². The minimum Gasteiger partial charge on any atom is -0.383 e. The number of hydrogen-bond acceptors (Lipinski definition) is 5. The number of carbonyl (C=O) groups excluding carboxylic acids is 3. The molecule has 2 aromatic carbocycles. The predicted molar refractivity (Wildman–Crippen MR) is 126 cm³/mol. The number of carbonyl (C=O) groups is 3. The van der Waals surface area contributed by atoms with Crippen LogP contribution in [0.5, 0.6) is 0 Å². The second-order valence-corrected chi connectivity index (χ2v) is 9.53. The monoisotopic (exact) mass is 478 g/mol. The Morgan fingerprint density at radius 1 is 1.12 bits per heavy atom. The lowest BCUT2D eigenvalue weighted by atomic mass is 9.76. The van der Waals surface area contributed by atoms with Crippen molar-refractivity contribution in [3.63, 3.8) is 0 Å². The van der Waals surface area contributed by atoms with E-state index in [1.807, 2.05) is 30.5 Å². The number of halogens is 1. The summed E-state index contributed by atoms with van der Waals surface area (Å²) in [6.45, 7) is 0.389. The average Bonchev–Trinajstić information content (AvgIpc) is 3.53. The smallest absolute Gasteiger partial charge is 0.250 e. The first-order valence-corrected chi connectivity index (χ1v) is 11.6. The third-order valence-corrected chi connectivity index (χ3v) is 7.64. The molecule has 4 atom stereocenters. The number of likely N-dealkylation sites (tertiary alicyclic amines) is 1. The number of amides is 3. The Labute approximate surface area is 200 Å². The van der Waals surface area contributed by atoms with Crippen LogP contribution in [-0.4, -0.2) is 53.9 Å². The van der Waals surface area contributed by atoms with E-state index in [2.05, 4.69) is 15.6 Å². The number of aromatic nitrogens is 1. The topological polar surface area (TPSA) is 104 Å². The first kappa shape index (κ1) is 21.3. The number of aromatic amines is 1. The third kappa shape index (κ3) is 2.82. The summed E-state index contributed by atoms with van der Waals surface area (Å²) >= 11 is 6.30. The number of nitrogens with zero attached hydrogens (tertiary/aromatic N) is 1. The van der Waals surface area contributed by atoms with Crippen LogP contribution < -0.4 is 10.6 Å². The normalized spacial score (nSPS) is 27.6. The van der Waals surface area contributed by atoms with Crippen molar-refractivity contribution in [2.45, 2.75) is 18.0 Å². The van der Waals surface area contributed by atoms with Gasteiger partial charge in [-0.25, -0.2) is 0 Å². The zero-order valence-electron chi connectivity index (χ0n) is 18.4. The van der Waals surface area contributed by atoms with Crippen molar-refractivity contribution in [1.29, 1.82) is 0 Å². The molecule has 2 saturated heterocycles. The van der Waals surface area contributed by atoms with E-state index in [9.17, 15) is 14.4 Å². The summed E-state index contributed by atoms with van der Waals surface area (Å²) in [7, 11) is 1.53. The van der Waals surface area contributed by atoms with Gasteiger partial charge in [-0.15, -0.1) is 0 Å². The molecule has 2 fully saturated rings. The molecular weight excluding hydrogens is 456 g/mol. The van der Waals surface area contributed by atoms with Crippen molar-refractivity contribution >= 4 is 45.9 Å². The van der Waals surface area contributed by atoms with Gasteiger partial charge in [-0.05, 0) is 36.2 Å². The van der Waals surface area contributed by atoms with Gasteiger partial charge in [0.05, 0.1) is 25.0 Å². The van der Waals surface area contributed by atoms with Crippen LogP contribution in [0.25, 0.3) is 10.9 Å². The second kappa shape index (κ2) is 7.66. The molecule has 1 aromatic heterocycles. The Hall–Kier alpha value is -3.20. The van der Waals surface area contributed by atoms with Gasteiger partial charge in [0.15, 0.2) is 0 Å². The highest BCUT2D eigenvalue weighted by molar-refractivity contribution is 6.31. The minimum atomic E-state index is -1.36. The first-order chi connectivity index (χ1) is 16.5. The number of anilines is 1. The highest BCUT2D eigenvalue weighted by atomic mass is 35.5. The number of nitrogens with one attached hydrogen (secondary N) is 3. The molecule has 0 aliphatic carbocycles. The number of imide groups is 1. The molecule has 0 unspecified atom stereocenters. The van der Waals surface area contributed by atoms with Crippen molar-refractivity contribution in [3.8, 4) is 0 Å². The van der Waals surface area contributed by atoms with E-state index >= 15 is 0 Å². The Bertz CT molecular complexity index is 1350. The maximum Gasteiger partial charge on any atom is 0.250 e. The number of para-hydroxylation sites is 1. The lowest BCUT2D eigenvalue weighted by Crippen LogP contribution is -2.53. The fraction of sp³-hybridized carbons (Fsp3) is 0.320. The van der Waals surface area contributed by atoms with Gasteiger partial charge in [0.1, 0.15) is 5.54 Å². The molecule has 3 N–H and O–H groups in total. The molecule has 0 saturated carbocycles. The van der Waals surface area contributed by atoms with Crippen LogP contribution in [0.1, 0.15) is 11.1 Å². The predicted octanol–water partition coefficient (Wildman–Crippen LogP) is 2.43. The van der Waals surface area contributed by atoms with Crippen LogP contribution >= 0.6 is 11.6 Å². The minimum absolute atomic E-state index is 0.154. The number of rotatable bonds is 5. The molecule has 0 radical (unpaired) electrons. The van der Waals surface area contributed by atoms with Crippen molar-refractivity contribution in [1.82, 2.24) is 15.2 Å². The largest absolute Gasteiger partial charge is 0.383 e. The van der Waals surface area contributed by atoms with Crippen LogP contribution in [0.2, 0.25) is 5.02 Å². The van der Waals surface area contributed by atoms with E-state index in [1.165, 1.54) is 12.0 Å². The van der Waals surface area contributed by atoms with Crippen molar-refractivity contribution in [3.05, 3.63) is 64.8 Å². The van der Waals surface area contributed by atoms with Crippen LogP contribution in [0.3, 0.4) is 0 Å². The summed E-state index contributed by atoms with van der Waals surface area (Å²) in [6, 6.07) is 12.6. The zero-order chi connectivity index (χ0) is 23.6. The number of H-pyrrole nitrogens is 1. The molecule has 3 aliphatic rings. The SMILES string of the molecule is COCCN1C(=O)[C@@H]2[C@H](Cc3c[nH]c4ccccc34)N[C@@]3(C(=O)Nc4ccc(Cl)cc43)[C@@H]2C1=O. The van der Waals surface area contributed by atoms with Crippen molar-refractivity contribution in [2.75, 3.05) is 25.6 Å². The molecule has 4 heterocycles. The molecule has 3 amide bonds. The fourth-order valence-electron chi connectivity index (χ4n) is 5.95. The number of fused-ring (bicyclic) bond motifs is 5. The molecule has 3 aromatic rings. The Balaban J connectivity index is 1.47. The van der Waals surface area contributed by atoms with Gasteiger partial charge in [0.2, 0.25) is 17.7 Å². The Kier molecular flexibility index (Phi) is 4.81. The van der Waals surface area contributed by atoms with Gasteiger partial charge >= 0.3 is 0 Å². The van der Waals surface area contributed by atoms with Crippen molar-refractivity contribution in [2.24, 2.45) is 11.8 Å². The molecule has 9 heteroatoms. The maximum atomic E-state index is 13.7. The Morgan fingerprint density at radius 2 is 1.94 bits per heavy atom. The average molecular weight is 479 g/mol. The van der Waals surface area contributed by atoms with Crippen LogP contribution in [0, 0.1) is 11.8 Å². The van der Waals surface area contributed by atoms with Gasteiger partial charge in [0, 0.05) is 46.5 Å². The lowest BCUT2D eigenvalue weighted by molar-refractivity contribution is -0.143. The van der Waals surface area contributed by atoms with E-state index in [0.29, 0.717) is 22.7 Å². The Morgan fingerprint density at radius 3 is 2.76 bits per heavy atom. The van der Waals surface area contributed by atoms with Crippen molar-refractivity contribution < 1.29 is 19.1 Å². The lowest BCUT2D eigenvalue weighted by Gasteiger charge is -2.29. The second-order valence-electron chi connectivity index (χ2n) is 9.09. The molecule has 6 rings (SSSR count). The molecule has 0 bridgehead atoms. The van der Waals surface area contributed by atoms with Crippen LogP contribution in [0.15, 0.2) is 48.7 Å². The van der Waals surface area contributed by atoms with E-state index in [1.54, 1.807) is 18.2 Å². The highest BCUT2D eigenvalue weighted by Gasteiger charge is 2.70. The maximum absolute atomic E-state index is 13.7. The number of hydrogen-bond donors (Lipinski definition) is 3. The summed E-state index contributed by atoms with van der Waals surface area (Å²) in [5, 5.41) is 7.87. The highest BCUT2D eigenvalue weighted by Crippen LogP contribution is 2.53. The number of methoxy groups -OCH3 is 1. The molecule has 34 heavy (non-hydrogen) atoms. The summed E-state index contributed by atoms with van der Waals surface area (Å²) in [4.78, 5) is 45.3. The summed E-state index contributed by atoms with van der Waals surface area (Å²) in [5.74, 6) is -2.52. The molecular formula is C25H23ClN4O4. The molecule has 174 valence electrons. The third-order valence-electron chi connectivity index (χ3n) is 7.40. The summed E-state index contributed by atoms with van der Waals surface area (Å²) in [5.41, 5.74) is 1.85. The standard InChI is InChI=1S/C25H23ClN4O4/c1-34-9-8-30-22(31)20-19(10-13-12-27-17-5-3-2-4-15(13)17)29-25(21(20)23(30)32)16-11-14(26)6-7-18(16)28-24(25)33/h2-7,11-12,19-21,27,29H,8-10H2,1H3,(H,28,33)/t19-,20+,21-,25+/m0/s1. The fourth-order valence-corrected chi connectivity index (χ4v) is 6.12. The van der Waals surface area contributed by atoms with Crippen LogP contribution in [-0.2, 0) is 31.1 Å². The van der Waals surface area contributed by atoms with E-state index in [0.717, 1.165) is 16.5 Å². The van der Waals surface area contributed by atoms with Crippen LogP contribution in [0.4, 0.5) is 5.69 Å².